The summed E-state index contributed by atoms with van der Waals surface area (Å²) in [5.41, 5.74) is 6.55. The highest BCUT2D eigenvalue weighted by molar-refractivity contribution is 9.10. The maximum Gasteiger partial charge on any atom is 0.128 e. The molecule has 0 aromatic heterocycles. The molecule has 1 atom stereocenters. The molecule has 0 spiro atoms. The average Bonchev–Trinajstić information content (AvgIpc) is 2.91. The Morgan fingerprint density at radius 1 is 1.46 bits per heavy atom. The molecule has 3 heteroatoms. The molecule has 0 saturated heterocycles. The molecule has 2 rings (SSSR count). The number of halogens is 2. The Balaban J connectivity index is 2.31. The Kier molecular flexibility index (Phi) is 2.39. The van der Waals surface area contributed by atoms with Crippen molar-refractivity contribution < 1.29 is 4.39 Å². The Labute approximate surface area is 85.3 Å². The van der Waals surface area contributed by atoms with Crippen LogP contribution in [0.5, 0.6) is 0 Å². The van der Waals surface area contributed by atoms with Crippen molar-refractivity contribution >= 4 is 15.9 Å². The van der Waals surface area contributed by atoms with Crippen molar-refractivity contribution in [1.29, 1.82) is 0 Å². The van der Waals surface area contributed by atoms with E-state index in [1.165, 1.54) is 6.07 Å². The first-order valence-corrected chi connectivity index (χ1v) is 5.18. The van der Waals surface area contributed by atoms with Gasteiger partial charge in [-0.25, -0.2) is 4.39 Å². The molecule has 0 heterocycles. The predicted octanol–water partition coefficient (Wildman–Crippen LogP) is 3.00. The molecule has 0 amide bonds. The molecule has 2 N–H and O–H groups in total. The van der Waals surface area contributed by atoms with Crippen molar-refractivity contribution in [2.75, 3.05) is 0 Å². The SMILES string of the molecule is N[C@H](c1cc(Br)ccc1F)C1CC1. The van der Waals surface area contributed by atoms with Gasteiger partial charge in [-0.2, -0.15) is 0 Å². The Bertz CT molecular complexity index is 323. The zero-order valence-corrected chi connectivity index (χ0v) is 8.72. The fourth-order valence-electron chi connectivity index (χ4n) is 1.48. The van der Waals surface area contributed by atoms with Gasteiger partial charge in [0, 0.05) is 16.1 Å². The van der Waals surface area contributed by atoms with Gasteiger partial charge < -0.3 is 5.73 Å². The van der Waals surface area contributed by atoms with Crippen LogP contribution in [0.1, 0.15) is 24.4 Å². The molecule has 1 fully saturated rings. The van der Waals surface area contributed by atoms with Crippen LogP contribution >= 0.6 is 15.9 Å². The standard InChI is InChI=1S/C10H11BrFN/c11-7-3-4-9(12)8(5-7)10(13)6-1-2-6/h3-6,10H,1-2,13H2/t10-/m0/s1. The Morgan fingerprint density at radius 3 is 2.77 bits per heavy atom. The van der Waals surface area contributed by atoms with Gasteiger partial charge in [-0.3, -0.25) is 0 Å². The van der Waals surface area contributed by atoms with E-state index in [9.17, 15) is 4.39 Å². The van der Waals surface area contributed by atoms with Crippen LogP contribution in [-0.2, 0) is 0 Å². The lowest BCUT2D eigenvalue weighted by Gasteiger charge is -2.11. The van der Waals surface area contributed by atoms with Crippen LogP contribution in [-0.4, -0.2) is 0 Å². The summed E-state index contributed by atoms with van der Waals surface area (Å²) in [5.74, 6) is 0.298. The summed E-state index contributed by atoms with van der Waals surface area (Å²) < 4.78 is 14.2. The van der Waals surface area contributed by atoms with Crippen LogP contribution in [0.3, 0.4) is 0 Å². The van der Waals surface area contributed by atoms with E-state index in [1.807, 2.05) is 0 Å². The number of rotatable bonds is 2. The van der Waals surface area contributed by atoms with Crippen molar-refractivity contribution in [3.63, 3.8) is 0 Å². The lowest BCUT2D eigenvalue weighted by atomic mass is 10.0. The second kappa shape index (κ2) is 3.39. The van der Waals surface area contributed by atoms with Gasteiger partial charge in [-0.05, 0) is 37.0 Å². The minimum atomic E-state index is -0.192. The Hall–Kier alpha value is -0.410. The molecule has 0 unspecified atom stereocenters. The van der Waals surface area contributed by atoms with E-state index < -0.39 is 0 Å². The van der Waals surface area contributed by atoms with Gasteiger partial charge in [0.25, 0.3) is 0 Å². The first-order valence-electron chi connectivity index (χ1n) is 4.39. The monoisotopic (exact) mass is 243 g/mol. The molecular weight excluding hydrogens is 233 g/mol. The van der Waals surface area contributed by atoms with Crippen molar-refractivity contribution in [3.8, 4) is 0 Å². The third-order valence-corrected chi connectivity index (χ3v) is 2.94. The second-order valence-electron chi connectivity index (χ2n) is 3.53. The zero-order valence-electron chi connectivity index (χ0n) is 7.13. The van der Waals surface area contributed by atoms with Gasteiger partial charge in [0.05, 0.1) is 0 Å². The lowest BCUT2D eigenvalue weighted by molar-refractivity contribution is 0.553. The summed E-state index contributed by atoms with van der Waals surface area (Å²) in [6.45, 7) is 0. The molecule has 1 nitrogen and oxygen atoms in total. The fraction of sp³-hybridized carbons (Fsp3) is 0.400. The smallest absolute Gasteiger partial charge is 0.128 e. The minimum absolute atomic E-state index is 0.127. The summed E-state index contributed by atoms with van der Waals surface area (Å²) in [4.78, 5) is 0. The van der Waals surface area contributed by atoms with Crippen molar-refractivity contribution in [1.82, 2.24) is 0 Å². The highest BCUT2D eigenvalue weighted by atomic mass is 79.9. The molecule has 1 aliphatic rings. The van der Waals surface area contributed by atoms with Gasteiger partial charge in [0.15, 0.2) is 0 Å². The van der Waals surface area contributed by atoms with Gasteiger partial charge in [-0.15, -0.1) is 0 Å². The molecule has 1 aliphatic carbocycles. The number of hydrogen-bond acceptors (Lipinski definition) is 1. The van der Waals surface area contributed by atoms with Crippen molar-refractivity contribution in [2.45, 2.75) is 18.9 Å². The summed E-state index contributed by atoms with van der Waals surface area (Å²) in [6.07, 6.45) is 2.26. The molecule has 1 aromatic rings. The van der Waals surface area contributed by atoms with E-state index in [1.54, 1.807) is 12.1 Å². The Morgan fingerprint density at radius 2 is 2.15 bits per heavy atom. The van der Waals surface area contributed by atoms with Crippen LogP contribution in [0.2, 0.25) is 0 Å². The van der Waals surface area contributed by atoms with Gasteiger partial charge in [0.2, 0.25) is 0 Å². The molecule has 0 radical (unpaired) electrons. The minimum Gasteiger partial charge on any atom is -0.324 e. The maximum absolute atomic E-state index is 13.3. The normalized spacial score (nSPS) is 18.7. The van der Waals surface area contributed by atoms with Crippen molar-refractivity contribution in [2.24, 2.45) is 11.7 Å². The van der Waals surface area contributed by atoms with Crippen molar-refractivity contribution in [3.05, 3.63) is 34.1 Å². The number of benzene rings is 1. The molecule has 1 aromatic carbocycles. The van der Waals surface area contributed by atoms with Crippen LogP contribution in [0.25, 0.3) is 0 Å². The zero-order chi connectivity index (χ0) is 9.42. The number of hydrogen-bond donors (Lipinski definition) is 1. The molecule has 0 aliphatic heterocycles. The van der Waals surface area contributed by atoms with Crippen LogP contribution < -0.4 is 5.73 Å². The van der Waals surface area contributed by atoms with Gasteiger partial charge in [-0.1, -0.05) is 15.9 Å². The van der Waals surface area contributed by atoms with E-state index in [-0.39, 0.29) is 11.9 Å². The second-order valence-corrected chi connectivity index (χ2v) is 4.44. The van der Waals surface area contributed by atoms with E-state index in [2.05, 4.69) is 15.9 Å². The topological polar surface area (TPSA) is 26.0 Å². The van der Waals surface area contributed by atoms with Crippen LogP contribution in [0, 0.1) is 11.7 Å². The molecule has 13 heavy (non-hydrogen) atoms. The number of nitrogens with two attached hydrogens (primary N) is 1. The van der Waals surface area contributed by atoms with Crippen LogP contribution in [0.15, 0.2) is 22.7 Å². The maximum atomic E-state index is 13.3. The molecule has 70 valence electrons. The summed E-state index contributed by atoms with van der Waals surface area (Å²) in [5, 5.41) is 0. The molecule has 0 bridgehead atoms. The quantitative estimate of drug-likeness (QED) is 0.850. The predicted molar refractivity (Wildman–Crippen MR) is 53.8 cm³/mol. The third kappa shape index (κ3) is 1.92. The molecular formula is C10H11BrFN. The third-order valence-electron chi connectivity index (χ3n) is 2.45. The van der Waals surface area contributed by atoms with Gasteiger partial charge >= 0.3 is 0 Å². The van der Waals surface area contributed by atoms with E-state index in [4.69, 9.17) is 5.73 Å². The van der Waals surface area contributed by atoms with Gasteiger partial charge in [0.1, 0.15) is 5.82 Å². The largest absolute Gasteiger partial charge is 0.324 e. The summed E-state index contributed by atoms with van der Waals surface area (Å²) >= 11 is 3.31. The summed E-state index contributed by atoms with van der Waals surface area (Å²) in [7, 11) is 0. The van der Waals surface area contributed by atoms with E-state index >= 15 is 0 Å². The molecule has 1 saturated carbocycles. The highest BCUT2D eigenvalue weighted by Crippen LogP contribution is 2.40. The fourth-order valence-corrected chi connectivity index (χ4v) is 1.86. The van der Waals surface area contributed by atoms with Crippen LogP contribution in [0.4, 0.5) is 4.39 Å². The van der Waals surface area contributed by atoms with E-state index in [0.717, 1.165) is 17.3 Å². The highest BCUT2D eigenvalue weighted by Gasteiger charge is 2.30. The van der Waals surface area contributed by atoms with E-state index in [0.29, 0.717) is 11.5 Å². The first kappa shape index (κ1) is 9.16. The first-order chi connectivity index (χ1) is 6.18. The summed E-state index contributed by atoms with van der Waals surface area (Å²) in [6, 6.07) is 4.80. The average molecular weight is 244 g/mol. The lowest BCUT2D eigenvalue weighted by Crippen LogP contribution is -2.14.